The number of carbonyl (C=O) groups is 1. The first-order valence-electron chi connectivity index (χ1n) is 10.6. The molecule has 1 aromatic rings. The van der Waals surface area contributed by atoms with Gasteiger partial charge >= 0.3 is 0 Å². The van der Waals surface area contributed by atoms with Crippen LogP contribution in [0.1, 0.15) is 70.4 Å². The molecule has 28 heavy (non-hydrogen) atoms. The van der Waals surface area contributed by atoms with E-state index in [2.05, 4.69) is 43.5 Å². The van der Waals surface area contributed by atoms with E-state index in [9.17, 15) is 4.79 Å². The summed E-state index contributed by atoms with van der Waals surface area (Å²) in [5, 5.41) is 10.8. The van der Waals surface area contributed by atoms with Crippen LogP contribution in [-0.4, -0.2) is 49.1 Å². The van der Waals surface area contributed by atoms with Crippen LogP contribution in [0, 0.1) is 5.92 Å². The Morgan fingerprint density at radius 3 is 2.50 bits per heavy atom. The number of aliphatic imine (C=N–C) groups is 1. The summed E-state index contributed by atoms with van der Waals surface area (Å²) in [6.07, 6.45) is 6.39. The monoisotopic (exact) mass is 393 g/mol. The number of amides is 1. The van der Waals surface area contributed by atoms with Crippen LogP contribution in [-0.2, 0) is 24.2 Å². The number of likely N-dealkylation sites (N-methyl/N-ethyl adjacent to an activating group) is 1. The predicted octanol–water partition coefficient (Wildman–Crippen LogP) is 3.14. The maximum atomic E-state index is 12.0. The maximum absolute atomic E-state index is 12.0. The Labute approximate surface area is 170 Å². The average molecular weight is 394 g/mol. The number of nitrogens with one attached hydrogen (secondary N) is 2. The molecule has 0 aliphatic rings. The fraction of sp³-hybridized carbons (Fsp3) is 0.762. The van der Waals surface area contributed by atoms with E-state index in [0.717, 1.165) is 42.8 Å². The lowest BCUT2D eigenvalue weighted by molar-refractivity contribution is -0.127. The summed E-state index contributed by atoms with van der Waals surface area (Å²) >= 11 is 0. The number of carbonyl (C=O) groups excluding carboxylic acids is 1. The summed E-state index contributed by atoms with van der Waals surface area (Å²) in [6, 6.07) is 0. The summed E-state index contributed by atoms with van der Waals surface area (Å²) in [5.74, 6) is 2.17. The Morgan fingerprint density at radius 2 is 1.93 bits per heavy atom. The van der Waals surface area contributed by atoms with E-state index >= 15 is 0 Å². The molecule has 0 saturated carbocycles. The minimum Gasteiger partial charge on any atom is -0.361 e. The highest BCUT2D eigenvalue weighted by molar-refractivity contribution is 5.86. The van der Waals surface area contributed by atoms with Crippen molar-refractivity contribution in [2.75, 3.05) is 27.2 Å². The summed E-state index contributed by atoms with van der Waals surface area (Å²) in [7, 11) is 3.51. The molecule has 160 valence electrons. The minimum atomic E-state index is 0.0148. The highest BCUT2D eigenvalue weighted by Gasteiger charge is 2.14. The lowest BCUT2D eigenvalue weighted by Gasteiger charge is -2.19. The van der Waals surface area contributed by atoms with Crippen LogP contribution in [0.25, 0.3) is 0 Å². The Kier molecular flexibility index (Phi) is 11.3. The highest BCUT2D eigenvalue weighted by Crippen LogP contribution is 2.17. The zero-order valence-electron chi connectivity index (χ0n) is 18.6. The number of aromatic nitrogens is 1. The van der Waals surface area contributed by atoms with Crippen molar-refractivity contribution in [3.05, 3.63) is 17.0 Å². The number of rotatable bonds is 12. The van der Waals surface area contributed by atoms with Crippen molar-refractivity contribution < 1.29 is 9.32 Å². The molecule has 0 aliphatic heterocycles. The van der Waals surface area contributed by atoms with Gasteiger partial charge in [0.05, 0.1) is 18.8 Å². The first kappa shape index (κ1) is 24.0. The van der Waals surface area contributed by atoms with E-state index in [-0.39, 0.29) is 12.5 Å². The van der Waals surface area contributed by atoms with Crippen LogP contribution in [0.4, 0.5) is 0 Å². The number of hydrogen-bond donors (Lipinski definition) is 2. The van der Waals surface area contributed by atoms with Crippen LogP contribution in [0.5, 0.6) is 0 Å². The van der Waals surface area contributed by atoms with Crippen LogP contribution < -0.4 is 10.6 Å². The van der Waals surface area contributed by atoms with E-state index < -0.39 is 0 Å². The van der Waals surface area contributed by atoms with E-state index in [1.54, 1.807) is 19.0 Å². The molecule has 7 heteroatoms. The smallest absolute Gasteiger partial charge is 0.241 e. The molecule has 0 saturated heterocycles. The molecule has 0 aromatic carbocycles. The van der Waals surface area contributed by atoms with Crippen LogP contribution in [0.3, 0.4) is 0 Å². The lowest BCUT2D eigenvalue weighted by atomic mass is 9.99. The molecule has 1 aromatic heterocycles. The molecular weight excluding hydrogens is 354 g/mol. The zero-order valence-corrected chi connectivity index (χ0v) is 18.6. The third kappa shape index (κ3) is 7.90. The standard InChI is InChI=1S/C21H39N5O2/c1-7-11-12-16(8-2)13-22-21(24-15-20(27)26(5)6)23-14-17-18(9-3)25-28-19(17)10-4/h16H,7-15H2,1-6H3,(H2,22,23,24). The third-order valence-electron chi connectivity index (χ3n) is 5.01. The summed E-state index contributed by atoms with van der Waals surface area (Å²) in [5.41, 5.74) is 2.02. The van der Waals surface area contributed by atoms with Gasteiger partial charge in [-0.1, -0.05) is 52.1 Å². The summed E-state index contributed by atoms with van der Waals surface area (Å²) in [6.45, 7) is 10.1. The quantitative estimate of drug-likeness (QED) is 0.421. The average Bonchev–Trinajstić information content (AvgIpc) is 3.10. The van der Waals surface area contributed by atoms with Crippen LogP contribution in [0.2, 0.25) is 0 Å². The van der Waals surface area contributed by atoms with Gasteiger partial charge in [-0.05, 0) is 18.8 Å². The van der Waals surface area contributed by atoms with Gasteiger partial charge in [0.2, 0.25) is 5.91 Å². The molecule has 2 N–H and O–H groups in total. The fourth-order valence-electron chi connectivity index (χ4n) is 2.95. The number of hydrogen-bond acceptors (Lipinski definition) is 4. The van der Waals surface area contributed by atoms with Crippen molar-refractivity contribution in [2.24, 2.45) is 10.9 Å². The van der Waals surface area contributed by atoms with E-state index in [1.165, 1.54) is 19.3 Å². The van der Waals surface area contributed by atoms with E-state index in [1.807, 2.05) is 0 Å². The first-order chi connectivity index (χ1) is 13.5. The molecule has 0 radical (unpaired) electrons. The van der Waals surface area contributed by atoms with Crippen LogP contribution >= 0.6 is 0 Å². The SMILES string of the molecule is CCCCC(CC)CNC(=NCc1c(CC)noc1CC)NCC(=O)N(C)C. The molecule has 1 rings (SSSR count). The number of unbranched alkanes of at least 4 members (excludes halogenated alkanes) is 1. The summed E-state index contributed by atoms with van der Waals surface area (Å²) < 4.78 is 5.44. The van der Waals surface area contributed by atoms with Crippen molar-refractivity contribution in [3.8, 4) is 0 Å². The highest BCUT2D eigenvalue weighted by atomic mass is 16.5. The molecule has 0 bridgehead atoms. The third-order valence-corrected chi connectivity index (χ3v) is 5.01. The number of guanidine groups is 1. The Morgan fingerprint density at radius 1 is 1.18 bits per heavy atom. The van der Waals surface area contributed by atoms with Crippen molar-refractivity contribution in [1.29, 1.82) is 0 Å². The molecule has 1 amide bonds. The molecule has 1 atom stereocenters. The molecule has 0 spiro atoms. The summed E-state index contributed by atoms with van der Waals surface area (Å²) in [4.78, 5) is 18.3. The van der Waals surface area contributed by atoms with Gasteiger partial charge < -0.3 is 20.1 Å². The van der Waals surface area contributed by atoms with Crippen molar-refractivity contribution >= 4 is 11.9 Å². The number of aryl methyl sites for hydroxylation is 2. The molecule has 1 heterocycles. The largest absolute Gasteiger partial charge is 0.361 e. The fourth-order valence-corrected chi connectivity index (χ4v) is 2.95. The normalized spacial score (nSPS) is 12.7. The van der Waals surface area contributed by atoms with Crippen molar-refractivity contribution in [3.63, 3.8) is 0 Å². The Bertz CT molecular complexity index is 588. The second kappa shape index (κ2) is 13.2. The van der Waals surface area contributed by atoms with Gasteiger partial charge in [0.1, 0.15) is 5.76 Å². The van der Waals surface area contributed by atoms with E-state index in [4.69, 9.17) is 9.52 Å². The van der Waals surface area contributed by atoms with E-state index in [0.29, 0.717) is 18.4 Å². The lowest BCUT2D eigenvalue weighted by Crippen LogP contribution is -2.44. The minimum absolute atomic E-state index is 0.0148. The molecule has 7 nitrogen and oxygen atoms in total. The van der Waals surface area contributed by atoms with Crippen LogP contribution in [0.15, 0.2) is 9.52 Å². The Hall–Kier alpha value is -2.05. The van der Waals surface area contributed by atoms with Gasteiger partial charge in [-0.15, -0.1) is 0 Å². The topological polar surface area (TPSA) is 82.8 Å². The maximum Gasteiger partial charge on any atom is 0.241 e. The molecule has 0 fully saturated rings. The van der Waals surface area contributed by atoms with Gasteiger partial charge in [-0.3, -0.25) is 4.79 Å². The van der Waals surface area contributed by atoms with Crippen molar-refractivity contribution in [1.82, 2.24) is 20.7 Å². The Balaban J connectivity index is 2.85. The molecular formula is C21H39N5O2. The molecule has 0 aliphatic carbocycles. The van der Waals surface area contributed by atoms with Gasteiger partial charge in [0.25, 0.3) is 0 Å². The van der Waals surface area contributed by atoms with Gasteiger partial charge in [0.15, 0.2) is 5.96 Å². The van der Waals surface area contributed by atoms with Gasteiger partial charge in [-0.25, -0.2) is 4.99 Å². The van der Waals surface area contributed by atoms with Gasteiger partial charge in [0, 0.05) is 32.6 Å². The zero-order chi connectivity index (χ0) is 20.9. The predicted molar refractivity (Wildman–Crippen MR) is 114 cm³/mol. The number of nitrogens with zero attached hydrogens (tertiary/aromatic N) is 3. The first-order valence-corrected chi connectivity index (χ1v) is 10.6. The second-order valence-electron chi connectivity index (χ2n) is 7.34. The molecule has 1 unspecified atom stereocenters. The van der Waals surface area contributed by atoms with Crippen molar-refractivity contribution in [2.45, 2.75) is 72.8 Å². The van der Waals surface area contributed by atoms with Gasteiger partial charge in [-0.2, -0.15) is 0 Å². The second-order valence-corrected chi connectivity index (χ2v) is 7.34.